The van der Waals surface area contributed by atoms with Crippen LogP contribution in [-0.2, 0) is 4.79 Å². The highest BCUT2D eigenvalue weighted by Gasteiger charge is 2.36. The number of nitrogens with one attached hydrogen (secondary N) is 1. The molecule has 1 atom stereocenters. The largest absolute Gasteiger partial charge is 0.311 e. The number of amides is 1. The van der Waals surface area contributed by atoms with Gasteiger partial charge in [-0.2, -0.15) is 0 Å². The van der Waals surface area contributed by atoms with Crippen LogP contribution in [0, 0.1) is 3.57 Å². The van der Waals surface area contributed by atoms with Crippen LogP contribution in [0.4, 0.5) is 5.69 Å². The Hall–Kier alpha value is -0.620. The maximum Gasteiger partial charge on any atom is 0.244 e. The second-order valence-electron chi connectivity index (χ2n) is 4.75. The van der Waals surface area contributed by atoms with Crippen molar-refractivity contribution in [3.05, 3.63) is 27.8 Å². The Morgan fingerprint density at radius 3 is 2.82 bits per heavy atom. The fourth-order valence-electron chi connectivity index (χ4n) is 2.27. The van der Waals surface area contributed by atoms with Crippen molar-refractivity contribution >= 4 is 34.2 Å². The summed E-state index contributed by atoms with van der Waals surface area (Å²) in [6.45, 7) is 0.837. The highest BCUT2D eigenvalue weighted by atomic mass is 127. The minimum absolute atomic E-state index is 0.0420. The molecule has 4 heteroatoms. The quantitative estimate of drug-likeness (QED) is 0.854. The van der Waals surface area contributed by atoms with E-state index in [-0.39, 0.29) is 11.9 Å². The van der Waals surface area contributed by atoms with E-state index in [9.17, 15) is 4.79 Å². The Morgan fingerprint density at radius 2 is 2.12 bits per heavy atom. The third-order valence-electron chi connectivity index (χ3n) is 3.34. The molecule has 1 aromatic carbocycles. The molecular formula is C13H15IN2O. The molecule has 1 saturated heterocycles. The number of rotatable bonds is 3. The van der Waals surface area contributed by atoms with Crippen molar-refractivity contribution in [1.82, 2.24) is 5.32 Å². The summed E-state index contributed by atoms with van der Waals surface area (Å²) < 4.78 is 1.17. The molecule has 0 bridgehead atoms. The normalized spacial score (nSPS) is 24.4. The number of hydrogen-bond acceptors (Lipinski definition) is 2. The van der Waals surface area contributed by atoms with Crippen molar-refractivity contribution in [2.45, 2.75) is 31.3 Å². The molecule has 1 saturated carbocycles. The molecule has 1 aliphatic carbocycles. The van der Waals surface area contributed by atoms with Crippen molar-refractivity contribution in [2.24, 2.45) is 0 Å². The van der Waals surface area contributed by atoms with Crippen molar-refractivity contribution in [1.29, 1.82) is 0 Å². The molecule has 90 valence electrons. The zero-order valence-corrected chi connectivity index (χ0v) is 11.7. The van der Waals surface area contributed by atoms with Crippen LogP contribution in [0.5, 0.6) is 0 Å². The highest BCUT2D eigenvalue weighted by Crippen LogP contribution is 2.26. The number of anilines is 1. The molecule has 1 heterocycles. The average Bonchev–Trinajstić information content (AvgIpc) is 3.04. The van der Waals surface area contributed by atoms with Gasteiger partial charge in [0, 0.05) is 21.8 Å². The molecule has 1 N–H and O–H groups in total. The lowest BCUT2D eigenvalue weighted by Crippen LogP contribution is -2.39. The lowest BCUT2D eigenvalue weighted by molar-refractivity contribution is -0.118. The van der Waals surface area contributed by atoms with Gasteiger partial charge in [0.1, 0.15) is 0 Å². The van der Waals surface area contributed by atoms with Crippen LogP contribution in [0.3, 0.4) is 0 Å². The Labute approximate surface area is 115 Å². The first-order chi connectivity index (χ1) is 8.24. The highest BCUT2D eigenvalue weighted by molar-refractivity contribution is 14.1. The van der Waals surface area contributed by atoms with Crippen molar-refractivity contribution < 1.29 is 4.79 Å². The third-order valence-corrected chi connectivity index (χ3v) is 4.01. The number of carbonyl (C=O) groups excluding carboxylic acids is 1. The first-order valence-electron chi connectivity index (χ1n) is 6.07. The average molecular weight is 342 g/mol. The van der Waals surface area contributed by atoms with Gasteiger partial charge in [-0.3, -0.25) is 4.79 Å². The fraction of sp³-hybridized carbons (Fsp3) is 0.462. The van der Waals surface area contributed by atoms with Gasteiger partial charge in [-0.05, 0) is 60.1 Å². The fourth-order valence-corrected chi connectivity index (χ4v) is 2.80. The molecule has 1 aromatic rings. The summed E-state index contributed by atoms with van der Waals surface area (Å²) in [7, 11) is 0. The van der Waals surface area contributed by atoms with E-state index in [2.05, 4.69) is 34.0 Å². The van der Waals surface area contributed by atoms with Crippen molar-refractivity contribution in [2.75, 3.05) is 11.4 Å². The zero-order chi connectivity index (χ0) is 11.8. The summed E-state index contributed by atoms with van der Waals surface area (Å²) in [6.07, 6.45) is 3.39. The monoisotopic (exact) mass is 342 g/mol. The predicted octanol–water partition coefficient (Wildman–Crippen LogP) is 2.15. The van der Waals surface area contributed by atoms with Gasteiger partial charge in [-0.25, -0.2) is 0 Å². The van der Waals surface area contributed by atoms with E-state index >= 15 is 0 Å². The van der Waals surface area contributed by atoms with E-state index in [1.807, 2.05) is 23.1 Å². The molecule has 0 radical (unpaired) electrons. The van der Waals surface area contributed by atoms with E-state index in [0.29, 0.717) is 6.04 Å². The van der Waals surface area contributed by atoms with Gasteiger partial charge in [0.15, 0.2) is 0 Å². The molecule has 3 rings (SSSR count). The van der Waals surface area contributed by atoms with E-state index < -0.39 is 0 Å². The van der Waals surface area contributed by atoms with Crippen molar-refractivity contribution in [3.63, 3.8) is 0 Å². The summed E-state index contributed by atoms with van der Waals surface area (Å²) >= 11 is 2.28. The van der Waals surface area contributed by atoms with E-state index in [4.69, 9.17) is 0 Å². The molecule has 1 amide bonds. The van der Waals surface area contributed by atoms with Crippen LogP contribution < -0.4 is 10.2 Å². The van der Waals surface area contributed by atoms with Gasteiger partial charge in [-0.15, -0.1) is 0 Å². The van der Waals surface area contributed by atoms with Crippen molar-refractivity contribution in [3.8, 4) is 0 Å². The standard InChI is InChI=1S/C13H15IN2O/c14-9-2-1-3-11(8-9)16-7-6-12(13(16)17)15-10-4-5-10/h1-3,8,10,12,15H,4-7H2. The SMILES string of the molecule is O=C1C(NC2CC2)CCN1c1cccc(I)c1. The molecule has 3 nitrogen and oxygen atoms in total. The smallest absolute Gasteiger partial charge is 0.244 e. The molecule has 1 aliphatic heterocycles. The van der Waals surface area contributed by atoms with Gasteiger partial charge in [-0.1, -0.05) is 6.07 Å². The van der Waals surface area contributed by atoms with Crippen LogP contribution in [0.15, 0.2) is 24.3 Å². The number of hydrogen-bond donors (Lipinski definition) is 1. The lowest BCUT2D eigenvalue weighted by Gasteiger charge is -2.17. The van der Waals surface area contributed by atoms with Gasteiger partial charge in [0.25, 0.3) is 0 Å². The second kappa shape index (κ2) is 4.57. The Balaban J connectivity index is 1.74. The Kier molecular flexibility index (Phi) is 3.08. The van der Waals surface area contributed by atoms with Crippen LogP contribution in [0.1, 0.15) is 19.3 Å². The second-order valence-corrected chi connectivity index (χ2v) is 6.00. The van der Waals surface area contributed by atoms with Crippen LogP contribution in [0.2, 0.25) is 0 Å². The van der Waals surface area contributed by atoms with Crippen LogP contribution >= 0.6 is 22.6 Å². The van der Waals surface area contributed by atoms with Gasteiger partial charge in [0.2, 0.25) is 5.91 Å². The molecule has 0 aromatic heterocycles. The molecule has 2 fully saturated rings. The van der Waals surface area contributed by atoms with E-state index in [1.54, 1.807) is 0 Å². The lowest BCUT2D eigenvalue weighted by atomic mass is 10.2. The predicted molar refractivity (Wildman–Crippen MR) is 76.1 cm³/mol. The summed E-state index contributed by atoms with van der Waals surface area (Å²) in [5.74, 6) is 0.235. The summed E-state index contributed by atoms with van der Waals surface area (Å²) in [5, 5.41) is 3.42. The third kappa shape index (κ3) is 2.47. The molecule has 1 unspecified atom stereocenters. The Bertz CT molecular complexity index is 445. The van der Waals surface area contributed by atoms with Crippen LogP contribution in [0.25, 0.3) is 0 Å². The maximum atomic E-state index is 12.2. The number of benzene rings is 1. The zero-order valence-electron chi connectivity index (χ0n) is 9.53. The Morgan fingerprint density at radius 1 is 1.29 bits per heavy atom. The summed E-state index contributed by atoms with van der Waals surface area (Å²) in [6, 6.07) is 8.77. The summed E-state index contributed by atoms with van der Waals surface area (Å²) in [4.78, 5) is 14.1. The minimum Gasteiger partial charge on any atom is -0.311 e. The van der Waals surface area contributed by atoms with E-state index in [1.165, 1.54) is 16.4 Å². The summed E-state index contributed by atoms with van der Waals surface area (Å²) in [5.41, 5.74) is 1.03. The first-order valence-corrected chi connectivity index (χ1v) is 7.15. The topological polar surface area (TPSA) is 32.3 Å². The molecule has 0 spiro atoms. The van der Waals surface area contributed by atoms with E-state index in [0.717, 1.165) is 18.7 Å². The molecule has 17 heavy (non-hydrogen) atoms. The number of carbonyl (C=O) groups is 1. The first kappa shape index (κ1) is 11.5. The van der Waals surface area contributed by atoms with Gasteiger partial charge in [0.05, 0.1) is 6.04 Å². The molecular weight excluding hydrogens is 327 g/mol. The number of halogens is 1. The minimum atomic E-state index is 0.0420. The van der Waals surface area contributed by atoms with Gasteiger partial charge >= 0.3 is 0 Å². The maximum absolute atomic E-state index is 12.2. The molecule has 2 aliphatic rings. The number of nitrogens with zero attached hydrogens (tertiary/aromatic N) is 1. The van der Waals surface area contributed by atoms with Crippen LogP contribution in [-0.4, -0.2) is 24.5 Å². The van der Waals surface area contributed by atoms with Gasteiger partial charge < -0.3 is 10.2 Å².